The molecule has 1 aliphatic heterocycles. The van der Waals surface area contributed by atoms with Gasteiger partial charge in [0.25, 0.3) is 0 Å². The Morgan fingerprint density at radius 2 is 1.68 bits per heavy atom. The van der Waals surface area contributed by atoms with E-state index in [0.29, 0.717) is 12.1 Å². The Bertz CT molecular complexity index is 269. The lowest BCUT2D eigenvalue weighted by Crippen LogP contribution is -2.56. The van der Waals surface area contributed by atoms with Crippen molar-refractivity contribution >= 4 is 0 Å². The summed E-state index contributed by atoms with van der Waals surface area (Å²) in [4.78, 5) is 4.97. The predicted molar refractivity (Wildman–Crippen MR) is 79.2 cm³/mol. The van der Waals surface area contributed by atoms with Crippen LogP contribution in [0.1, 0.15) is 46.0 Å². The van der Waals surface area contributed by atoms with E-state index >= 15 is 0 Å². The molecule has 2 aliphatic rings. The van der Waals surface area contributed by atoms with Crippen LogP contribution in [0, 0.1) is 0 Å². The van der Waals surface area contributed by atoms with Gasteiger partial charge in [-0.1, -0.05) is 19.3 Å². The molecule has 0 radical (unpaired) electrons. The Morgan fingerprint density at radius 1 is 1.05 bits per heavy atom. The van der Waals surface area contributed by atoms with Crippen molar-refractivity contribution < 1.29 is 5.11 Å². The lowest BCUT2D eigenvalue weighted by atomic mass is 10.0. The summed E-state index contributed by atoms with van der Waals surface area (Å²) >= 11 is 0. The normalized spacial score (nSPS) is 32.2. The van der Waals surface area contributed by atoms with Crippen molar-refractivity contribution in [2.75, 3.05) is 32.7 Å². The number of nitrogens with zero attached hydrogens (tertiary/aromatic N) is 2. The van der Waals surface area contributed by atoms with E-state index in [1.165, 1.54) is 32.1 Å². The largest absolute Gasteiger partial charge is 0.389 e. The van der Waals surface area contributed by atoms with Crippen molar-refractivity contribution in [1.82, 2.24) is 9.80 Å². The van der Waals surface area contributed by atoms with E-state index in [0.717, 1.165) is 32.7 Å². The van der Waals surface area contributed by atoms with E-state index in [1.807, 2.05) is 13.8 Å². The first-order valence-electron chi connectivity index (χ1n) is 7.90. The van der Waals surface area contributed by atoms with Gasteiger partial charge in [0.05, 0.1) is 5.60 Å². The summed E-state index contributed by atoms with van der Waals surface area (Å²) in [6.07, 6.45) is 6.45. The third kappa shape index (κ3) is 4.71. The highest BCUT2D eigenvalue weighted by molar-refractivity contribution is 4.88. The van der Waals surface area contributed by atoms with Crippen molar-refractivity contribution in [1.29, 1.82) is 0 Å². The molecule has 1 saturated carbocycles. The first-order chi connectivity index (χ1) is 8.96. The molecule has 4 nitrogen and oxygen atoms in total. The third-order valence-corrected chi connectivity index (χ3v) is 4.52. The summed E-state index contributed by atoms with van der Waals surface area (Å²) in [5.74, 6) is 0. The molecule has 19 heavy (non-hydrogen) atoms. The monoisotopic (exact) mass is 269 g/mol. The maximum atomic E-state index is 9.89. The summed E-state index contributed by atoms with van der Waals surface area (Å²) in [7, 11) is 0. The van der Waals surface area contributed by atoms with Crippen LogP contribution in [0.4, 0.5) is 0 Å². The van der Waals surface area contributed by atoms with Crippen LogP contribution in [0.15, 0.2) is 0 Å². The highest BCUT2D eigenvalue weighted by Gasteiger charge is 2.30. The van der Waals surface area contributed by atoms with Crippen molar-refractivity contribution in [3.63, 3.8) is 0 Å². The van der Waals surface area contributed by atoms with E-state index in [4.69, 9.17) is 5.73 Å². The van der Waals surface area contributed by atoms with Gasteiger partial charge in [-0.15, -0.1) is 0 Å². The van der Waals surface area contributed by atoms with E-state index in [1.54, 1.807) is 0 Å². The van der Waals surface area contributed by atoms with Crippen molar-refractivity contribution in [3.05, 3.63) is 0 Å². The molecule has 0 spiro atoms. The molecular formula is C15H31N3O. The lowest BCUT2D eigenvalue weighted by molar-refractivity contribution is 0.00798. The zero-order valence-corrected chi connectivity index (χ0v) is 12.6. The fourth-order valence-electron chi connectivity index (χ4n) is 3.57. The number of hydrogen-bond donors (Lipinski definition) is 2. The number of nitrogens with two attached hydrogens (primary N) is 1. The van der Waals surface area contributed by atoms with Gasteiger partial charge >= 0.3 is 0 Å². The zero-order valence-electron chi connectivity index (χ0n) is 12.6. The van der Waals surface area contributed by atoms with E-state index in [-0.39, 0.29) is 0 Å². The minimum atomic E-state index is -0.582. The molecule has 2 rings (SSSR count). The SMILES string of the molecule is CC(C)(O)CN1CCN(C2CCCCCC2N)CC1. The third-order valence-electron chi connectivity index (χ3n) is 4.52. The molecule has 0 aromatic rings. The van der Waals surface area contributed by atoms with Crippen LogP contribution in [0.25, 0.3) is 0 Å². The van der Waals surface area contributed by atoms with Crippen molar-refractivity contribution in [2.45, 2.75) is 63.6 Å². The molecule has 1 aliphatic carbocycles. The Hall–Kier alpha value is -0.160. The van der Waals surface area contributed by atoms with Gasteiger partial charge in [-0.2, -0.15) is 0 Å². The second-order valence-electron chi connectivity index (χ2n) is 6.99. The summed E-state index contributed by atoms with van der Waals surface area (Å²) in [5.41, 5.74) is 5.77. The zero-order chi connectivity index (χ0) is 13.9. The number of β-amino-alcohol motifs (C(OH)–C–C–N with tert-alkyl or cyclic N) is 1. The summed E-state index contributed by atoms with van der Waals surface area (Å²) in [6, 6.07) is 0.954. The minimum absolute atomic E-state index is 0.364. The number of piperazine rings is 1. The fourth-order valence-corrected chi connectivity index (χ4v) is 3.57. The molecule has 0 bridgehead atoms. The highest BCUT2D eigenvalue weighted by atomic mass is 16.3. The smallest absolute Gasteiger partial charge is 0.0718 e. The van der Waals surface area contributed by atoms with Crippen molar-refractivity contribution in [3.8, 4) is 0 Å². The molecule has 0 aromatic heterocycles. The van der Waals surface area contributed by atoms with Gasteiger partial charge in [0.2, 0.25) is 0 Å². The number of hydrogen-bond acceptors (Lipinski definition) is 4. The number of rotatable bonds is 3. The van der Waals surface area contributed by atoms with Crippen LogP contribution in [0.3, 0.4) is 0 Å². The van der Waals surface area contributed by atoms with Crippen LogP contribution in [0.5, 0.6) is 0 Å². The Kier molecular flexibility index (Phi) is 5.23. The number of aliphatic hydroxyl groups is 1. The maximum Gasteiger partial charge on any atom is 0.0718 e. The molecule has 0 aromatic carbocycles. The standard InChI is InChI=1S/C15H31N3O/c1-15(2,19)12-17-8-10-18(11-9-17)14-7-5-3-4-6-13(14)16/h13-14,19H,3-12,16H2,1-2H3. The molecule has 2 fully saturated rings. The van der Waals surface area contributed by atoms with Gasteiger partial charge in [0, 0.05) is 44.8 Å². The lowest BCUT2D eigenvalue weighted by Gasteiger charge is -2.42. The van der Waals surface area contributed by atoms with Crippen molar-refractivity contribution in [2.24, 2.45) is 5.73 Å². The van der Waals surface area contributed by atoms with Crippen LogP contribution < -0.4 is 5.73 Å². The molecule has 1 heterocycles. The van der Waals surface area contributed by atoms with E-state index in [2.05, 4.69) is 9.80 Å². The van der Waals surface area contributed by atoms with Gasteiger partial charge in [-0.3, -0.25) is 9.80 Å². The molecule has 4 heteroatoms. The van der Waals surface area contributed by atoms with Gasteiger partial charge in [-0.25, -0.2) is 0 Å². The Labute approximate surface area is 117 Å². The first kappa shape index (κ1) is 15.2. The van der Waals surface area contributed by atoms with Gasteiger partial charge in [0.1, 0.15) is 0 Å². The average Bonchev–Trinajstić information content (AvgIpc) is 2.53. The maximum absolute atomic E-state index is 9.89. The first-order valence-corrected chi connectivity index (χ1v) is 7.90. The Morgan fingerprint density at radius 3 is 2.32 bits per heavy atom. The second-order valence-corrected chi connectivity index (χ2v) is 6.99. The quantitative estimate of drug-likeness (QED) is 0.752. The van der Waals surface area contributed by atoms with Gasteiger partial charge < -0.3 is 10.8 Å². The van der Waals surface area contributed by atoms with Gasteiger partial charge in [0.15, 0.2) is 0 Å². The summed E-state index contributed by atoms with van der Waals surface area (Å²) in [6.45, 7) is 8.89. The van der Waals surface area contributed by atoms with Gasteiger partial charge in [-0.05, 0) is 26.7 Å². The average molecular weight is 269 g/mol. The van der Waals surface area contributed by atoms with Crippen LogP contribution in [0.2, 0.25) is 0 Å². The van der Waals surface area contributed by atoms with Crippen LogP contribution in [-0.4, -0.2) is 65.3 Å². The molecule has 0 amide bonds. The predicted octanol–water partition coefficient (Wildman–Crippen LogP) is 1.03. The molecule has 1 saturated heterocycles. The minimum Gasteiger partial charge on any atom is -0.389 e. The summed E-state index contributed by atoms with van der Waals surface area (Å²) in [5, 5.41) is 9.89. The topological polar surface area (TPSA) is 52.7 Å². The van der Waals surface area contributed by atoms with Crippen LogP contribution >= 0.6 is 0 Å². The summed E-state index contributed by atoms with van der Waals surface area (Å²) < 4.78 is 0. The second kappa shape index (κ2) is 6.53. The molecular weight excluding hydrogens is 238 g/mol. The van der Waals surface area contributed by atoms with E-state index < -0.39 is 5.60 Å². The molecule has 2 atom stereocenters. The Balaban J connectivity index is 1.81. The highest BCUT2D eigenvalue weighted by Crippen LogP contribution is 2.22. The fraction of sp³-hybridized carbons (Fsp3) is 1.00. The molecule has 112 valence electrons. The molecule has 3 N–H and O–H groups in total. The van der Waals surface area contributed by atoms with E-state index in [9.17, 15) is 5.11 Å². The molecule has 2 unspecified atom stereocenters. The van der Waals surface area contributed by atoms with Crippen LogP contribution in [-0.2, 0) is 0 Å².